The quantitative estimate of drug-likeness (QED) is 0.311. The molecule has 2 unspecified atom stereocenters. The maximum absolute atomic E-state index is 13.9. The lowest BCUT2D eigenvalue weighted by atomic mass is 9.57. The number of phenolic OH excluding ortho intramolecular Hbond substituents is 1. The van der Waals surface area contributed by atoms with Gasteiger partial charge < -0.3 is 31.3 Å². The SMILES string of the molecule is CN(C)[C@@H]1C(=O)C(C(N)=O)=C(O)[C@@]2(O)C(=O)C3=C(O)c4c(O)ccc(-c5cccc(C(=O)O)c5)c4CC3CC12. The van der Waals surface area contributed by atoms with Crippen LogP contribution in [0.5, 0.6) is 5.75 Å². The molecule has 3 aliphatic carbocycles. The fourth-order valence-corrected chi connectivity index (χ4v) is 6.33. The average Bonchev–Trinajstić information content (AvgIpc) is 2.86. The van der Waals surface area contributed by atoms with E-state index < -0.39 is 64.0 Å². The van der Waals surface area contributed by atoms with Crippen LogP contribution in [0.15, 0.2) is 53.3 Å². The number of carbonyl (C=O) groups excluding carboxylic acids is 3. The summed E-state index contributed by atoms with van der Waals surface area (Å²) in [6.45, 7) is 0. The number of Topliss-reactive ketones (excluding diaryl/α,β-unsaturated/α-hetero) is 2. The zero-order chi connectivity index (χ0) is 28.5. The third-order valence-electron chi connectivity index (χ3n) is 8.02. The second-order valence-corrected chi connectivity index (χ2v) is 10.3. The van der Waals surface area contributed by atoms with Gasteiger partial charge in [0.1, 0.15) is 22.8 Å². The molecule has 0 saturated heterocycles. The van der Waals surface area contributed by atoms with Crippen LogP contribution in [0.3, 0.4) is 0 Å². The van der Waals surface area contributed by atoms with E-state index in [4.69, 9.17) is 5.73 Å². The number of aromatic carboxylic acids is 1. The van der Waals surface area contributed by atoms with Gasteiger partial charge in [-0.15, -0.1) is 0 Å². The van der Waals surface area contributed by atoms with Gasteiger partial charge in [-0.2, -0.15) is 0 Å². The number of carboxylic acid groups (broad SMARTS) is 1. The molecule has 0 heterocycles. The topological polar surface area (TPSA) is 199 Å². The Morgan fingerprint density at radius 1 is 1.08 bits per heavy atom. The zero-order valence-electron chi connectivity index (χ0n) is 21.0. The smallest absolute Gasteiger partial charge is 0.335 e. The molecule has 11 heteroatoms. The summed E-state index contributed by atoms with van der Waals surface area (Å²) in [5.74, 6) is -8.40. The van der Waals surface area contributed by atoms with Crippen molar-refractivity contribution >= 4 is 29.2 Å². The summed E-state index contributed by atoms with van der Waals surface area (Å²) >= 11 is 0. The summed E-state index contributed by atoms with van der Waals surface area (Å²) in [6.07, 6.45) is 0.0472. The molecule has 0 spiro atoms. The predicted octanol–water partition coefficient (Wildman–Crippen LogP) is 1.33. The van der Waals surface area contributed by atoms with Gasteiger partial charge in [-0.3, -0.25) is 19.3 Å². The highest BCUT2D eigenvalue weighted by molar-refractivity contribution is 6.24. The monoisotopic (exact) mass is 534 g/mol. The summed E-state index contributed by atoms with van der Waals surface area (Å²) in [7, 11) is 3.05. The number of aliphatic hydroxyl groups excluding tert-OH is 2. The van der Waals surface area contributed by atoms with Crippen molar-refractivity contribution in [2.45, 2.75) is 24.5 Å². The van der Waals surface area contributed by atoms with E-state index in [1.165, 1.54) is 37.2 Å². The normalized spacial score (nSPS) is 26.3. The minimum Gasteiger partial charge on any atom is -0.508 e. The van der Waals surface area contributed by atoms with Crippen LogP contribution in [0.4, 0.5) is 0 Å². The number of carboxylic acids is 1. The molecule has 5 rings (SSSR count). The van der Waals surface area contributed by atoms with Crippen molar-refractivity contribution in [1.82, 2.24) is 4.90 Å². The predicted molar refractivity (Wildman–Crippen MR) is 137 cm³/mol. The van der Waals surface area contributed by atoms with E-state index in [1.54, 1.807) is 18.2 Å². The van der Waals surface area contributed by atoms with Crippen molar-refractivity contribution in [3.05, 3.63) is 70.0 Å². The Morgan fingerprint density at radius 3 is 2.38 bits per heavy atom. The lowest BCUT2D eigenvalue weighted by Gasteiger charge is -2.50. The number of hydrogen-bond acceptors (Lipinski definition) is 9. The summed E-state index contributed by atoms with van der Waals surface area (Å²) in [5.41, 5.74) is 2.93. The lowest BCUT2D eigenvalue weighted by Crippen LogP contribution is -2.65. The van der Waals surface area contributed by atoms with E-state index in [0.717, 1.165) is 0 Å². The van der Waals surface area contributed by atoms with Gasteiger partial charge in [-0.1, -0.05) is 18.2 Å². The van der Waals surface area contributed by atoms with E-state index in [0.29, 0.717) is 16.7 Å². The Kier molecular flexibility index (Phi) is 5.89. The number of primary amides is 1. The average molecular weight is 535 g/mol. The number of fused-ring (bicyclic) bond motifs is 3. The highest BCUT2D eigenvalue weighted by atomic mass is 16.4. The number of aromatic hydroxyl groups is 1. The van der Waals surface area contributed by atoms with Crippen LogP contribution < -0.4 is 5.73 Å². The highest BCUT2D eigenvalue weighted by Gasteiger charge is 2.64. The van der Waals surface area contributed by atoms with E-state index >= 15 is 0 Å². The van der Waals surface area contributed by atoms with Crippen molar-refractivity contribution in [3.8, 4) is 16.9 Å². The molecular weight excluding hydrogens is 508 g/mol. The number of ketones is 2. The molecule has 0 aliphatic heterocycles. The van der Waals surface area contributed by atoms with Gasteiger partial charge in [0.05, 0.1) is 17.2 Å². The van der Waals surface area contributed by atoms with Crippen LogP contribution >= 0.6 is 0 Å². The van der Waals surface area contributed by atoms with Gasteiger partial charge in [0.15, 0.2) is 11.4 Å². The second kappa shape index (κ2) is 8.79. The minimum absolute atomic E-state index is 0.0329. The lowest BCUT2D eigenvalue weighted by molar-refractivity contribution is -0.153. The van der Waals surface area contributed by atoms with Crippen molar-refractivity contribution in [2.24, 2.45) is 17.6 Å². The zero-order valence-corrected chi connectivity index (χ0v) is 21.0. The number of carbonyl (C=O) groups is 4. The molecule has 0 bridgehead atoms. The number of nitrogens with zero attached hydrogens (tertiary/aromatic N) is 1. The van der Waals surface area contributed by atoms with Gasteiger partial charge >= 0.3 is 5.97 Å². The fourth-order valence-electron chi connectivity index (χ4n) is 6.33. The Morgan fingerprint density at radius 2 is 1.77 bits per heavy atom. The standard InChI is InChI=1S/C28H26N2O9/c1-30(2)21-16-10-13-9-15-14(11-4-3-5-12(8-11)27(37)38)6-7-17(31)19(15)22(32)18(13)24(34)28(16,39)25(35)20(23(21)33)26(29)36/h3-8,13,16,21,31-32,35,39H,9-10H2,1-2H3,(H2,29,36)(H,37,38)/t13?,16?,21-,28-/m0/s1. The second-order valence-electron chi connectivity index (χ2n) is 10.3. The van der Waals surface area contributed by atoms with Gasteiger partial charge in [-0.05, 0) is 67.7 Å². The molecular formula is C28H26N2O9. The number of benzene rings is 2. The van der Waals surface area contributed by atoms with Crippen molar-refractivity contribution in [2.75, 3.05) is 14.1 Å². The van der Waals surface area contributed by atoms with Crippen molar-refractivity contribution < 1.29 is 44.7 Å². The number of amides is 1. The highest BCUT2D eigenvalue weighted by Crippen LogP contribution is 2.53. The van der Waals surface area contributed by atoms with Gasteiger partial charge in [0.25, 0.3) is 5.91 Å². The van der Waals surface area contributed by atoms with Gasteiger partial charge in [0, 0.05) is 11.5 Å². The summed E-state index contributed by atoms with van der Waals surface area (Å²) in [6, 6.07) is 7.81. The molecule has 0 radical (unpaired) electrons. The largest absolute Gasteiger partial charge is 0.508 e. The first kappa shape index (κ1) is 26.1. The van der Waals surface area contributed by atoms with Crippen LogP contribution in [-0.4, -0.2) is 79.6 Å². The molecule has 2 aromatic carbocycles. The van der Waals surface area contributed by atoms with E-state index in [2.05, 4.69) is 0 Å². The summed E-state index contributed by atoms with van der Waals surface area (Å²) < 4.78 is 0. The van der Waals surface area contributed by atoms with Crippen LogP contribution in [0, 0.1) is 11.8 Å². The molecule has 4 atom stereocenters. The maximum Gasteiger partial charge on any atom is 0.335 e. The fraction of sp³-hybridized carbons (Fsp3) is 0.286. The first-order chi connectivity index (χ1) is 18.3. The van der Waals surface area contributed by atoms with Crippen LogP contribution in [-0.2, 0) is 20.8 Å². The summed E-state index contributed by atoms with van der Waals surface area (Å²) in [5, 5.41) is 54.0. The van der Waals surface area contributed by atoms with Crippen LogP contribution in [0.25, 0.3) is 16.9 Å². The summed E-state index contributed by atoms with van der Waals surface area (Å²) in [4.78, 5) is 52.1. The molecule has 1 fully saturated rings. The number of phenols is 1. The molecule has 3 aliphatic rings. The first-order valence-corrected chi connectivity index (χ1v) is 12.1. The van der Waals surface area contributed by atoms with E-state index in [1.807, 2.05) is 0 Å². The molecule has 2 aromatic rings. The number of nitrogens with two attached hydrogens (primary N) is 1. The number of rotatable bonds is 4. The Hall–Kier alpha value is -4.48. The molecule has 11 nitrogen and oxygen atoms in total. The van der Waals surface area contributed by atoms with Gasteiger partial charge in [0.2, 0.25) is 5.78 Å². The Labute approximate surface area is 222 Å². The van der Waals surface area contributed by atoms with E-state index in [-0.39, 0.29) is 35.3 Å². The van der Waals surface area contributed by atoms with Crippen molar-refractivity contribution in [1.29, 1.82) is 0 Å². The third kappa shape index (κ3) is 3.57. The molecule has 1 amide bonds. The first-order valence-electron chi connectivity index (χ1n) is 12.1. The molecule has 39 heavy (non-hydrogen) atoms. The number of aliphatic hydroxyl groups is 3. The Bertz CT molecular complexity index is 1550. The van der Waals surface area contributed by atoms with Gasteiger partial charge in [-0.25, -0.2) is 4.79 Å². The number of likely N-dealkylation sites (N-methyl/N-ethyl adjacent to an activating group) is 1. The molecule has 0 aromatic heterocycles. The molecule has 7 N–H and O–H groups in total. The molecule has 1 saturated carbocycles. The minimum atomic E-state index is -2.71. The van der Waals surface area contributed by atoms with E-state index in [9.17, 15) is 44.7 Å². The molecule has 202 valence electrons. The third-order valence-corrected chi connectivity index (χ3v) is 8.02. The Balaban J connectivity index is 1.73. The van der Waals surface area contributed by atoms with Crippen LogP contribution in [0.1, 0.15) is 27.9 Å². The maximum atomic E-state index is 13.9. The van der Waals surface area contributed by atoms with Crippen molar-refractivity contribution in [3.63, 3.8) is 0 Å². The number of hydrogen-bond donors (Lipinski definition) is 6. The van der Waals surface area contributed by atoms with Crippen LogP contribution in [0.2, 0.25) is 0 Å².